The highest BCUT2D eigenvalue weighted by Crippen LogP contribution is 2.23. The second-order valence-electron chi connectivity index (χ2n) is 2.69. The number of hydrogen-bond acceptors (Lipinski definition) is 3. The van der Waals surface area contributed by atoms with Gasteiger partial charge in [0, 0.05) is 11.3 Å². The van der Waals surface area contributed by atoms with E-state index in [0.717, 1.165) is 19.3 Å². The van der Waals surface area contributed by atoms with Crippen LogP contribution in [0.4, 0.5) is 0 Å². The van der Waals surface area contributed by atoms with E-state index >= 15 is 0 Å². The Hall–Kier alpha value is -0.350. The van der Waals surface area contributed by atoms with Crippen molar-refractivity contribution >= 4 is 33.2 Å². The van der Waals surface area contributed by atoms with Gasteiger partial charge in [-0.25, -0.2) is 0 Å². The monoisotopic (exact) mass is 261 g/mol. The average molecular weight is 262 g/mol. The molecule has 2 nitrogen and oxygen atoms in total. The maximum Gasteiger partial charge on any atom is 0.180 e. The van der Waals surface area contributed by atoms with E-state index in [9.17, 15) is 0 Å². The number of methoxy groups -OCH3 is 1. The number of hydrogen-bond donors (Lipinski definition) is 1. The van der Waals surface area contributed by atoms with Gasteiger partial charge in [-0.05, 0) is 40.9 Å². The van der Waals surface area contributed by atoms with Gasteiger partial charge < -0.3 is 4.74 Å². The van der Waals surface area contributed by atoms with Crippen molar-refractivity contribution in [2.75, 3.05) is 7.11 Å². The molecule has 0 bridgehead atoms. The normalized spacial score (nSPS) is 10.0. The first-order valence-corrected chi connectivity index (χ1v) is 5.69. The summed E-state index contributed by atoms with van der Waals surface area (Å²) in [6, 6.07) is 4.17. The Kier molecular flexibility index (Phi) is 4.45. The molecular formula is C9H12BrNOS. The van der Waals surface area contributed by atoms with Crippen LogP contribution in [0.25, 0.3) is 0 Å². The summed E-state index contributed by atoms with van der Waals surface area (Å²) < 4.78 is 5.94. The molecule has 0 aliphatic rings. The summed E-state index contributed by atoms with van der Waals surface area (Å²) in [6.45, 7) is 0. The Morgan fingerprint density at radius 3 is 2.92 bits per heavy atom. The van der Waals surface area contributed by atoms with Gasteiger partial charge in [-0.15, -0.1) is 11.3 Å². The SMILES string of the molecule is COC(=N)CCCc1ccc(Br)s1. The number of thiophene rings is 1. The van der Waals surface area contributed by atoms with Gasteiger partial charge in [0.15, 0.2) is 5.90 Å². The summed E-state index contributed by atoms with van der Waals surface area (Å²) >= 11 is 5.17. The van der Waals surface area contributed by atoms with Crippen molar-refractivity contribution in [3.8, 4) is 0 Å². The lowest BCUT2D eigenvalue weighted by Crippen LogP contribution is -1.98. The molecular weight excluding hydrogens is 250 g/mol. The lowest BCUT2D eigenvalue weighted by atomic mass is 10.2. The van der Waals surface area contributed by atoms with E-state index < -0.39 is 0 Å². The Morgan fingerprint density at radius 1 is 1.62 bits per heavy atom. The van der Waals surface area contributed by atoms with E-state index in [1.165, 1.54) is 8.66 Å². The molecule has 13 heavy (non-hydrogen) atoms. The highest BCUT2D eigenvalue weighted by Gasteiger charge is 1.99. The summed E-state index contributed by atoms with van der Waals surface area (Å²) in [5.41, 5.74) is 0. The molecule has 1 N–H and O–H groups in total. The lowest BCUT2D eigenvalue weighted by Gasteiger charge is -2.00. The molecule has 0 fully saturated rings. The first-order valence-electron chi connectivity index (χ1n) is 4.08. The third-order valence-corrected chi connectivity index (χ3v) is 3.39. The first-order chi connectivity index (χ1) is 6.22. The molecule has 4 heteroatoms. The fourth-order valence-corrected chi connectivity index (χ4v) is 2.54. The van der Waals surface area contributed by atoms with Crippen LogP contribution in [0, 0.1) is 5.41 Å². The van der Waals surface area contributed by atoms with E-state index in [2.05, 4.69) is 28.1 Å². The zero-order chi connectivity index (χ0) is 9.68. The average Bonchev–Trinajstić information content (AvgIpc) is 2.51. The summed E-state index contributed by atoms with van der Waals surface area (Å²) in [5.74, 6) is 0.371. The molecule has 1 rings (SSSR count). The fraction of sp³-hybridized carbons (Fsp3) is 0.444. The number of halogens is 1. The van der Waals surface area contributed by atoms with Crippen molar-refractivity contribution in [3.05, 3.63) is 20.8 Å². The van der Waals surface area contributed by atoms with Crippen molar-refractivity contribution in [1.29, 1.82) is 5.41 Å². The molecule has 0 aromatic carbocycles. The lowest BCUT2D eigenvalue weighted by molar-refractivity contribution is 0.384. The van der Waals surface area contributed by atoms with Gasteiger partial charge in [0.05, 0.1) is 10.9 Å². The highest BCUT2D eigenvalue weighted by atomic mass is 79.9. The van der Waals surface area contributed by atoms with Gasteiger partial charge in [-0.2, -0.15) is 0 Å². The van der Waals surface area contributed by atoms with E-state index in [1.54, 1.807) is 18.4 Å². The van der Waals surface area contributed by atoms with Crippen LogP contribution < -0.4 is 0 Å². The van der Waals surface area contributed by atoms with Crippen molar-refractivity contribution in [2.24, 2.45) is 0 Å². The summed E-state index contributed by atoms with van der Waals surface area (Å²) in [4.78, 5) is 1.36. The smallest absolute Gasteiger partial charge is 0.180 e. The van der Waals surface area contributed by atoms with Crippen molar-refractivity contribution in [2.45, 2.75) is 19.3 Å². The van der Waals surface area contributed by atoms with Crippen LogP contribution in [0.2, 0.25) is 0 Å². The largest absolute Gasteiger partial charge is 0.484 e. The molecule has 0 saturated heterocycles. The summed E-state index contributed by atoms with van der Waals surface area (Å²) in [7, 11) is 1.55. The molecule has 0 spiro atoms. The van der Waals surface area contributed by atoms with Crippen molar-refractivity contribution in [1.82, 2.24) is 0 Å². The van der Waals surface area contributed by atoms with Crippen LogP contribution in [0.1, 0.15) is 17.7 Å². The summed E-state index contributed by atoms with van der Waals surface area (Å²) in [5, 5.41) is 7.28. The van der Waals surface area contributed by atoms with Crippen LogP contribution in [0.5, 0.6) is 0 Å². The van der Waals surface area contributed by atoms with Crippen LogP contribution in [-0.2, 0) is 11.2 Å². The molecule has 72 valence electrons. The number of nitrogens with one attached hydrogen (secondary N) is 1. The molecule has 0 unspecified atom stereocenters. The Morgan fingerprint density at radius 2 is 2.38 bits per heavy atom. The van der Waals surface area contributed by atoms with E-state index in [4.69, 9.17) is 10.1 Å². The van der Waals surface area contributed by atoms with Gasteiger partial charge in [0.1, 0.15) is 0 Å². The van der Waals surface area contributed by atoms with E-state index in [-0.39, 0.29) is 0 Å². The first kappa shape index (κ1) is 10.7. The van der Waals surface area contributed by atoms with Crippen molar-refractivity contribution < 1.29 is 4.74 Å². The van der Waals surface area contributed by atoms with Gasteiger partial charge in [-0.1, -0.05) is 0 Å². The Balaban J connectivity index is 2.24. The fourth-order valence-electron chi connectivity index (χ4n) is 1.01. The highest BCUT2D eigenvalue weighted by molar-refractivity contribution is 9.11. The molecule has 0 aliphatic heterocycles. The van der Waals surface area contributed by atoms with Crippen LogP contribution in [-0.4, -0.2) is 13.0 Å². The minimum atomic E-state index is 0.371. The minimum absolute atomic E-state index is 0.371. The zero-order valence-corrected chi connectivity index (χ0v) is 9.87. The predicted molar refractivity (Wildman–Crippen MR) is 59.7 cm³/mol. The standard InChI is InChI=1S/C9H12BrNOS/c1-12-9(11)4-2-3-7-5-6-8(10)13-7/h5-6,11H,2-4H2,1H3. The molecule has 0 radical (unpaired) electrons. The van der Waals surface area contributed by atoms with E-state index in [1.807, 2.05) is 0 Å². The topological polar surface area (TPSA) is 33.1 Å². The third-order valence-electron chi connectivity index (χ3n) is 1.70. The molecule has 0 amide bonds. The van der Waals surface area contributed by atoms with Crippen LogP contribution in [0.3, 0.4) is 0 Å². The molecule has 0 saturated carbocycles. The van der Waals surface area contributed by atoms with Crippen LogP contribution in [0.15, 0.2) is 15.9 Å². The number of aryl methyl sites for hydroxylation is 1. The molecule has 0 aliphatic carbocycles. The van der Waals surface area contributed by atoms with Gasteiger partial charge in [0.2, 0.25) is 0 Å². The van der Waals surface area contributed by atoms with Gasteiger partial charge in [-0.3, -0.25) is 5.41 Å². The summed E-state index contributed by atoms with van der Waals surface area (Å²) in [6.07, 6.45) is 2.74. The molecule has 1 aromatic heterocycles. The Labute approximate surface area is 90.6 Å². The van der Waals surface area contributed by atoms with Gasteiger partial charge >= 0.3 is 0 Å². The minimum Gasteiger partial charge on any atom is -0.484 e. The van der Waals surface area contributed by atoms with Crippen molar-refractivity contribution in [3.63, 3.8) is 0 Å². The second-order valence-corrected chi connectivity index (χ2v) is 5.23. The zero-order valence-electron chi connectivity index (χ0n) is 7.47. The maximum absolute atomic E-state index is 7.28. The number of rotatable bonds is 4. The predicted octanol–water partition coefficient (Wildman–Crippen LogP) is 3.46. The van der Waals surface area contributed by atoms with Gasteiger partial charge in [0.25, 0.3) is 0 Å². The third kappa shape index (κ3) is 3.91. The van der Waals surface area contributed by atoms with E-state index in [0.29, 0.717) is 5.90 Å². The maximum atomic E-state index is 7.28. The van der Waals surface area contributed by atoms with Crippen LogP contribution >= 0.6 is 27.3 Å². The Bertz CT molecular complexity index is 285. The molecule has 0 atom stereocenters. The second kappa shape index (κ2) is 5.40. The molecule has 1 aromatic rings. The number of ether oxygens (including phenoxy) is 1. The quantitative estimate of drug-likeness (QED) is 0.654. The molecule has 1 heterocycles.